The Morgan fingerprint density at radius 1 is 1.17 bits per heavy atom. The van der Waals surface area contributed by atoms with Crippen LogP contribution in [0.15, 0.2) is 43.1 Å². The van der Waals surface area contributed by atoms with Crippen molar-refractivity contribution in [3.05, 3.63) is 75.9 Å². The first-order valence-electron chi connectivity index (χ1n) is 10.0. The molecular formula is C24H29Cl2F2NO. The topological polar surface area (TPSA) is 29.1 Å². The van der Waals surface area contributed by atoms with Crippen LogP contribution < -0.4 is 5.32 Å². The maximum Gasteiger partial charge on any atom is 0.145 e. The molecule has 0 saturated carbocycles. The average Bonchev–Trinajstić information content (AvgIpc) is 2.72. The van der Waals surface area contributed by atoms with Gasteiger partial charge in [-0.2, -0.15) is 0 Å². The van der Waals surface area contributed by atoms with Crippen molar-refractivity contribution in [1.29, 1.82) is 0 Å². The quantitative estimate of drug-likeness (QED) is 0.432. The molecular weight excluding hydrogens is 427 g/mol. The first-order chi connectivity index (χ1) is 14.2. The summed E-state index contributed by atoms with van der Waals surface area (Å²) in [4.78, 5) is 12.3. The van der Waals surface area contributed by atoms with Gasteiger partial charge in [-0.1, -0.05) is 69.6 Å². The highest BCUT2D eigenvalue weighted by molar-refractivity contribution is 6.31. The van der Waals surface area contributed by atoms with E-state index in [0.29, 0.717) is 23.2 Å². The number of rotatable bonds is 8. The van der Waals surface area contributed by atoms with Gasteiger partial charge in [-0.25, -0.2) is 8.78 Å². The second kappa shape index (κ2) is 12.1. The minimum absolute atomic E-state index is 0.0140. The van der Waals surface area contributed by atoms with Crippen molar-refractivity contribution in [2.45, 2.75) is 52.9 Å². The molecule has 0 heterocycles. The lowest BCUT2D eigenvalue weighted by Gasteiger charge is -2.33. The molecule has 0 spiro atoms. The molecule has 2 aromatic rings. The molecule has 164 valence electrons. The number of Topliss-reactive ketones (excluding diaryl/α,β-unsaturated/α-hetero) is 1. The number of nitrogens with one attached hydrogen (secondary N) is 1. The van der Waals surface area contributed by atoms with E-state index >= 15 is 0 Å². The zero-order valence-corrected chi connectivity index (χ0v) is 19.5. The van der Waals surface area contributed by atoms with Gasteiger partial charge in [0.05, 0.1) is 10.0 Å². The molecule has 0 aliphatic heterocycles. The van der Waals surface area contributed by atoms with E-state index in [1.54, 1.807) is 19.1 Å². The van der Waals surface area contributed by atoms with E-state index in [2.05, 4.69) is 11.9 Å². The lowest BCUT2D eigenvalue weighted by Crippen LogP contribution is -2.25. The highest BCUT2D eigenvalue weighted by Crippen LogP contribution is 2.46. The predicted octanol–water partition coefficient (Wildman–Crippen LogP) is 8.36. The molecule has 2 rings (SSSR count). The molecule has 2 nitrogen and oxygen atoms in total. The fourth-order valence-electron chi connectivity index (χ4n) is 3.64. The number of benzene rings is 2. The molecule has 6 heteroatoms. The van der Waals surface area contributed by atoms with E-state index in [4.69, 9.17) is 23.2 Å². The summed E-state index contributed by atoms with van der Waals surface area (Å²) in [7, 11) is 0. The SMILES string of the molecule is C=CNc1cc(Cl)c(F)cc1[C@H](CC)[C@@H](c1cccc(Cl)c1F)[C@@H](C)C(C)=O.CC. The maximum atomic E-state index is 14.9. The largest absolute Gasteiger partial charge is 0.362 e. The summed E-state index contributed by atoms with van der Waals surface area (Å²) in [5.74, 6) is -2.63. The summed E-state index contributed by atoms with van der Waals surface area (Å²) >= 11 is 11.9. The Labute approximate surface area is 188 Å². The molecule has 30 heavy (non-hydrogen) atoms. The van der Waals surface area contributed by atoms with Gasteiger partial charge in [0.15, 0.2) is 0 Å². The molecule has 0 saturated heterocycles. The third-order valence-electron chi connectivity index (χ3n) is 5.14. The molecule has 0 amide bonds. The minimum atomic E-state index is -0.578. The second-order valence-corrected chi connectivity index (χ2v) is 7.60. The molecule has 0 unspecified atom stereocenters. The number of anilines is 1. The molecule has 1 N–H and O–H groups in total. The van der Waals surface area contributed by atoms with Crippen molar-refractivity contribution in [1.82, 2.24) is 0 Å². The van der Waals surface area contributed by atoms with Gasteiger partial charge < -0.3 is 5.32 Å². The van der Waals surface area contributed by atoms with Gasteiger partial charge >= 0.3 is 0 Å². The lowest BCUT2D eigenvalue weighted by molar-refractivity contribution is -0.121. The van der Waals surface area contributed by atoms with Gasteiger partial charge in [0.25, 0.3) is 0 Å². The predicted molar refractivity (Wildman–Crippen MR) is 124 cm³/mol. The van der Waals surface area contributed by atoms with Crippen molar-refractivity contribution >= 4 is 34.7 Å². The van der Waals surface area contributed by atoms with E-state index in [-0.39, 0.29) is 21.7 Å². The summed E-state index contributed by atoms with van der Waals surface area (Å²) in [6.07, 6.45) is 2.00. The monoisotopic (exact) mass is 455 g/mol. The van der Waals surface area contributed by atoms with Gasteiger partial charge in [-0.15, -0.1) is 0 Å². The highest BCUT2D eigenvalue weighted by Gasteiger charge is 2.34. The van der Waals surface area contributed by atoms with Crippen molar-refractivity contribution in [2.75, 3.05) is 5.32 Å². The van der Waals surface area contributed by atoms with E-state index in [9.17, 15) is 13.6 Å². The normalized spacial score (nSPS) is 13.5. The van der Waals surface area contributed by atoms with Crippen molar-refractivity contribution in [3.8, 4) is 0 Å². The van der Waals surface area contributed by atoms with E-state index in [0.717, 1.165) is 0 Å². The van der Waals surface area contributed by atoms with E-state index in [1.165, 1.54) is 31.3 Å². The summed E-state index contributed by atoms with van der Waals surface area (Å²) in [6, 6.07) is 7.55. The summed E-state index contributed by atoms with van der Waals surface area (Å²) in [5, 5.41) is 2.92. The third-order valence-corrected chi connectivity index (χ3v) is 5.72. The molecule has 3 atom stereocenters. The van der Waals surface area contributed by atoms with Gasteiger partial charge in [0.1, 0.15) is 17.4 Å². The minimum Gasteiger partial charge on any atom is -0.362 e. The zero-order valence-electron chi connectivity index (χ0n) is 18.0. The summed E-state index contributed by atoms with van der Waals surface area (Å²) in [6.45, 7) is 12.8. The molecule has 2 aromatic carbocycles. The van der Waals surface area contributed by atoms with E-state index in [1.807, 2.05) is 20.8 Å². The van der Waals surface area contributed by atoms with Crippen molar-refractivity contribution in [3.63, 3.8) is 0 Å². The fourth-order valence-corrected chi connectivity index (χ4v) is 3.98. The molecule has 0 bridgehead atoms. The van der Waals surface area contributed by atoms with Crippen LogP contribution in [0.3, 0.4) is 0 Å². The Kier molecular flexibility index (Phi) is 10.5. The number of ketones is 1. The van der Waals surface area contributed by atoms with Crippen LogP contribution >= 0.6 is 23.2 Å². The Hall–Kier alpha value is -1.91. The average molecular weight is 456 g/mol. The Bertz CT molecular complexity index is 886. The third kappa shape index (κ3) is 5.83. The van der Waals surface area contributed by atoms with Gasteiger partial charge in [0.2, 0.25) is 0 Å². The Morgan fingerprint density at radius 3 is 2.33 bits per heavy atom. The lowest BCUT2D eigenvalue weighted by atomic mass is 9.71. The van der Waals surface area contributed by atoms with Gasteiger partial charge in [-0.3, -0.25) is 4.79 Å². The smallest absolute Gasteiger partial charge is 0.145 e. The first kappa shape index (κ1) is 26.1. The van der Waals surface area contributed by atoms with Crippen molar-refractivity contribution < 1.29 is 13.6 Å². The first-order valence-corrected chi connectivity index (χ1v) is 10.8. The van der Waals surface area contributed by atoms with E-state index < -0.39 is 23.5 Å². The van der Waals surface area contributed by atoms with Crippen LogP contribution in [-0.2, 0) is 4.79 Å². The number of carbonyl (C=O) groups is 1. The molecule has 0 aliphatic carbocycles. The van der Waals surface area contributed by atoms with Crippen LogP contribution in [-0.4, -0.2) is 5.78 Å². The molecule has 0 radical (unpaired) electrons. The summed E-state index contributed by atoms with van der Waals surface area (Å²) < 4.78 is 29.2. The number of halogens is 4. The van der Waals surface area contributed by atoms with Gasteiger partial charge in [-0.05, 0) is 54.8 Å². The molecule has 0 aliphatic rings. The second-order valence-electron chi connectivity index (χ2n) is 6.78. The summed E-state index contributed by atoms with van der Waals surface area (Å²) in [5.41, 5.74) is 1.50. The van der Waals surface area contributed by atoms with Crippen LogP contribution in [0.1, 0.15) is 64.0 Å². The Balaban J connectivity index is 0.00000218. The Morgan fingerprint density at radius 2 is 1.80 bits per heavy atom. The van der Waals surface area contributed by atoms with Crippen LogP contribution in [0.25, 0.3) is 0 Å². The van der Waals surface area contributed by atoms with Crippen molar-refractivity contribution in [2.24, 2.45) is 5.92 Å². The number of carbonyl (C=O) groups excluding carboxylic acids is 1. The van der Waals surface area contributed by atoms with Gasteiger partial charge in [0, 0.05) is 17.5 Å². The fraction of sp³-hybridized carbons (Fsp3) is 0.375. The number of hydrogen-bond donors (Lipinski definition) is 1. The standard InChI is InChI=1S/C22H23Cl2F2NO.C2H6/c1-5-14(16-10-19(25)18(24)11-20(16)27-6-2)21(12(3)13(4)28)15-8-7-9-17(23)22(15)26;1-2/h6-12,14,21,27H,2,5H2,1,3-4H3;1-2H3/t12-,14-,21-;/m0./s1. The maximum absolute atomic E-state index is 14.9. The zero-order chi connectivity index (χ0) is 23.0. The highest BCUT2D eigenvalue weighted by atomic mass is 35.5. The van der Waals surface area contributed by atoms with Crippen LogP contribution in [0, 0.1) is 17.6 Å². The molecule has 0 fully saturated rings. The van der Waals surface area contributed by atoms with Crippen LogP contribution in [0.4, 0.5) is 14.5 Å². The van der Waals surface area contributed by atoms with Crippen LogP contribution in [0.2, 0.25) is 10.0 Å². The number of hydrogen-bond acceptors (Lipinski definition) is 2. The van der Waals surface area contributed by atoms with Crippen LogP contribution in [0.5, 0.6) is 0 Å². The molecule has 0 aromatic heterocycles.